The summed E-state index contributed by atoms with van der Waals surface area (Å²) in [6.07, 6.45) is 14.7. The zero-order valence-electron chi connectivity index (χ0n) is 28.3. The maximum absolute atomic E-state index is 13.1. The molecule has 1 aliphatic rings. The standard InChI is InChI=1S/C37H46N8O3/c1-42(2)32-16-11-27(12-17-32)10-14-29-15-13-28(24-39-29)35(46)40-30-23-34(44(4)25-30)37(48)41-31-22-33(43(3)26-31)36(47)38-18-6-9-21-45-19-7-5-8-20-45/h10-17,22-26H,5-9,18-21H2,1-4H3,(H,38,47)(H,40,46)(H,41,48)/b14-10+. The van der Waals surface area contributed by atoms with Crippen LogP contribution in [0.15, 0.2) is 67.1 Å². The number of nitrogens with zero attached hydrogens (tertiary/aromatic N) is 5. The molecule has 0 bridgehead atoms. The van der Waals surface area contributed by atoms with E-state index in [0.717, 1.165) is 36.3 Å². The third-order valence-corrected chi connectivity index (χ3v) is 8.53. The number of nitrogens with one attached hydrogen (secondary N) is 3. The van der Waals surface area contributed by atoms with E-state index < -0.39 is 0 Å². The second-order valence-corrected chi connectivity index (χ2v) is 12.5. The smallest absolute Gasteiger partial charge is 0.272 e. The lowest BCUT2D eigenvalue weighted by Crippen LogP contribution is -2.31. The summed E-state index contributed by atoms with van der Waals surface area (Å²) in [5.41, 5.74) is 5.11. The van der Waals surface area contributed by atoms with E-state index in [-0.39, 0.29) is 17.7 Å². The van der Waals surface area contributed by atoms with Gasteiger partial charge in [-0.25, -0.2) is 0 Å². The van der Waals surface area contributed by atoms with Gasteiger partial charge in [0.2, 0.25) is 0 Å². The first kappa shape index (κ1) is 34.2. The lowest BCUT2D eigenvalue weighted by Gasteiger charge is -2.26. The average Bonchev–Trinajstić information content (AvgIpc) is 3.64. The Morgan fingerprint density at radius 2 is 1.44 bits per heavy atom. The topological polar surface area (TPSA) is 117 Å². The van der Waals surface area contributed by atoms with E-state index in [1.54, 1.807) is 59.9 Å². The minimum Gasteiger partial charge on any atom is -0.378 e. The Morgan fingerprint density at radius 1 is 0.792 bits per heavy atom. The van der Waals surface area contributed by atoms with Gasteiger partial charge in [-0.15, -0.1) is 0 Å². The quantitative estimate of drug-likeness (QED) is 0.165. The highest BCUT2D eigenvalue weighted by molar-refractivity contribution is 6.07. The van der Waals surface area contributed by atoms with Gasteiger partial charge in [0.05, 0.1) is 22.6 Å². The number of carbonyl (C=O) groups excluding carboxylic acids is 3. The second-order valence-electron chi connectivity index (χ2n) is 12.5. The van der Waals surface area contributed by atoms with E-state index in [4.69, 9.17) is 0 Å². The van der Waals surface area contributed by atoms with Crippen molar-refractivity contribution in [1.82, 2.24) is 24.3 Å². The highest BCUT2D eigenvalue weighted by Gasteiger charge is 2.18. The van der Waals surface area contributed by atoms with Crippen LogP contribution in [0.1, 0.15) is 74.7 Å². The number of hydrogen-bond acceptors (Lipinski definition) is 6. The number of aromatic nitrogens is 3. The third-order valence-electron chi connectivity index (χ3n) is 8.53. The molecule has 1 aliphatic heterocycles. The fraction of sp³-hybridized carbons (Fsp3) is 0.351. The number of rotatable bonds is 13. The number of unbranched alkanes of at least 4 members (excludes halogenated alkanes) is 1. The highest BCUT2D eigenvalue weighted by atomic mass is 16.2. The van der Waals surface area contributed by atoms with Crippen LogP contribution in [0.3, 0.4) is 0 Å². The Balaban J connectivity index is 1.10. The van der Waals surface area contributed by atoms with Crippen LogP contribution in [0.2, 0.25) is 0 Å². The Kier molecular flexibility index (Phi) is 11.5. The molecule has 252 valence electrons. The minimum absolute atomic E-state index is 0.173. The fourth-order valence-electron chi connectivity index (χ4n) is 5.75. The molecule has 4 heterocycles. The molecule has 0 unspecified atom stereocenters. The van der Waals surface area contributed by atoms with E-state index in [0.29, 0.717) is 34.9 Å². The van der Waals surface area contributed by atoms with Gasteiger partial charge in [-0.1, -0.05) is 24.6 Å². The maximum atomic E-state index is 13.1. The van der Waals surface area contributed by atoms with Crippen molar-refractivity contribution in [3.05, 3.63) is 95.3 Å². The number of piperidine rings is 1. The molecule has 3 amide bonds. The van der Waals surface area contributed by atoms with Gasteiger partial charge in [-0.05, 0) is 93.4 Å². The van der Waals surface area contributed by atoms with Gasteiger partial charge < -0.3 is 34.9 Å². The predicted molar refractivity (Wildman–Crippen MR) is 193 cm³/mol. The summed E-state index contributed by atoms with van der Waals surface area (Å²) in [7, 11) is 7.52. The van der Waals surface area contributed by atoms with Crippen molar-refractivity contribution in [3.63, 3.8) is 0 Å². The molecule has 1 saturated heterocycles. The molecule has 5 rings (SSSR count). The van der Waals surface area contributed by atoms with Crippen LogP contribution in [-0.4, -0.2) is 77.0 Å². The van der Waals surface area contributed by atoms with Crippen molar-refractivity contribution in [2.24, 2.45) is 14.1 Å². The third kappa shape index (κ3) is 9.22. The molecule has 0 aliphatic carbocycles. The normalized spacial score (nSPS) is 13.4. The molecule has 48 heavy (non-hydrogen) atoms. The van der Waals surface area contributed by atoms with E-state index in [9.17, 15) is 14.4 Å². The van der Waals surface area contributed by atoms with Crippen LogP contribution < -0.4 is 20.9 Å². The van der Waals surface area contributed by atoms with Crippen LogP contribution in [0, 0.1) is 0 Å². The molecule has 1 aromatic carbocycles. The molecule has 0 saturated carbocycles. The molecule has 1 fully saturated rings. The summed E-state index contributed by atoms with van der Waals surface area (Å²) in [5.74, 6) is -0.865. The molecule has 0 atom stereocenters. The van der Waals surface area contributed by atoms with Crippen LogP contribution in [0.25, 0.3) is 12.2 Å². The highest BCUT2D eigenvalue weighted by Crippen LogP contribution is 2.19. The lowest BCUT2D eigenvalue weighted by molar-refractivity contribution is 0.0942. The van der Waals surface area contributed by atoms with E-state index in [1.165, 1.54) is 38.5 Å². The van der Waals surface area contributed by atoms with Crippen LogP contribution in [-0.2, 0) is 14.1 Å². The average molecular weight is 651 g/mol. The number of amides is 3. The molecular formula is C37H46N8O3. The van der Waals surface area contributed by atoms with E-state index in [1.807, 2.05) is 43.3 Å². The zero-order chi connectivity index (χ0) is 34.0. The zero-order valence-corrected chi connectivity index (χ0v) is 28.3. The van der Waals surface area contributed by atoms with Crippen molar-refractivity contribution >= 4 is 46.9 Å². The maximum Gasteiger partial charge on any atom is 0.272 e. The fourth-order valence-corrected chi connectivity index (χ4v) is 5.75. The number of anilines is 3. The molecule has 3 N–H and O–H groups in total. The summed E-state index contributed by atoms with van der Waals surface area (Å²) >= 11 is 0. The lowest BCUT2D eigenvalue weighted by atomic mass is 10.1. The summed E-state index contributed by atoms with van der Waals surface area (Å²) in [6, 6.07) is 15.0. The van der Waals surface area contributed by atoms with Crippen LogP contribution >= 0.6 is 0 Å². The first-order valence-corrected chi connectivity index (χ1v) is 16.5. The van der Waals surface area contributed by atoms with Gasteiger partial charge >= 0.3 is 0 Å². The van der Waals surface area contributed by atoms with Crippen molar-refractivity contribution in [2.45, 2.75) is 32.1 Å². The minimum atomic E-state index is -0.359. The van der Waals surface area contributed by atoms with Crippen molar-refractivity contribution < 1.29 is 14.4 Å². The number of likely N-dealkylation sites (tertiary alicyclic amines) is 1. The predicted octanol–water partition coefficient (Wildman–Crippen LogP) is 5.50. The van der Waals surface area contributed by atoms with Crippen molar-refractivity contribution in [3.8, 4) is 0 Å². The number of carbonyl (C=O) groups is 3. The molecule has 4 aromatic rings. The number of benzene rings is 1. The molecular weight excluding hydrogens is 604 g/mol. The monoisotopic (exact) mass is 650 g/mol. The second kappa shape index (κ2) is 16.1. The van der Waals surface area contributed by atoms with Crippen molar-refractivity contribution in [1.29, 1.82) is 0 Å². The molecule has 3 aromatic heterocycles. The molecule has 0 radical (unpaired) electrons. The molecule has 11 nitrogen and oxygen atoms in total. The Bertz CT molecular complexity index is 1730. The number of hydrogen-bond donors (Lipinski definition) is 3. The molecule has 0 spiro atoms. The summed E-state index contributed by atoms with van der Waals surface area (Å²) in [6.45, 7) is 4.06. The van der Waals surface area contributed by atoms with Crippen molar-refractivity contribution in [2.75, 3.05) is 55.8 Å². The van der Waals surface area contributed by atoms with Gasteiger partial charge in [0, 0.05) is 59.0 Å². The van der Waals surface area contributed by atoms with Gasteiger partial charge in [-0.3, -0.25) is 19.4 Å². The van der Waals surface area contributed by atoms with Gasteiger partial charge in [0.15, 0.2) is 0 Å². The van der Waals surface area contributed by atoms with E-state index in [2.05, 4.69) is 38.0 Å². The first-order chi connectivity index (χ1) is 23.2. The van der Waals surface area contributed by atoms with Crippen LogP contribution in [0.4, 0.5) is 17.1 Å². The number of aryl methyl sites for hydroxylation is 2. The van der Waals surface area contributed by atoms with Gasteiger partial charge in [-0.2, -0.15) is 0 Å². The first-order valence-electron chi connectivity index (χ1n) is 16.5. The summed E-state index contributed by atoms with van der Waals surface area (Å²) in [4.78, 5) is 47.8. The Morgan fingerprint density at radius 3 is 2.06 bits per heavy atom. The van der Waals surface area contributed by atoms with E-state index >= 15 is 0 Å². The van der Waals surface area contributed by atoms with Gasteiger partial charge in [0.25, 0.3) is 17.7 Å². The Hall–Kier alpha value is -5.16. The molecule has 11 heteroatoms. The summed E-state index contributed by atoms with van der Waals surface area (Å²) < 4.78 is 3.34. The van der Waals surface area contributed by atoms with Crippen LogP contribution in [0.5, 0.6) is 0 Å². The van der Waals surface area contributed by atoms with Gasteiger partial charge in [0.1, 0.15) is 11.4 Å². The SMILES string of the molecule is CN(C)c1ccc(/C=C/c2ccc(C(=O)Nc3cc(C(=O)Nc4cc(C(=O)NCCCCN5CCCCC5)n(C)c4)n(C)c3)cn2)cc1. The summed E-state index contributed by atoms with van der Waals surface area (Å²) in [5, 5.41) is 8.71. The number of pyridine rings is 1. The Labute approximate surface area is 282 Å². The largest absolute Gasteiger partial charge is 0.378 e.